The normalized spacial score (nSPS) is 11.9. The number of hydrogen-bond acceptors (Lipinski definition) is 2. The lowest BCUT2D eigenvalue weighted by Gasteiger charge is -1.99. The third kappa shape index (κ3) is 18.6. The predicted molar refractivity (Wildman–Crippen MR) is 101 cm³/mol. The smallest absolute Gasteiger partial charge is 0.305 e. The third-order valence-electron chi connectivity index (χ3n) is 3.57. The highest BCUT2D eigenvalue weighted by atomic mass is 16.5. The van der Waals surface area contributed by atoms with Gasteiger partial charge in [0, 0.05) is 6.42 Å². The number of allylic oxidation sites excluding steroid dienone is 6. The maximum absolute atomic E-state index is 11.1. The van der Waals surface area contributed by atoms with Gasteiger partial charge in [-0.1, -0.05) is 62.6 Å². The summed E-state index contributed by atoms with van der Waals surface area (Å²) in [5.41, 5.74) is 0. The van der Waals surface area contributed by atoms with Crippen LogP contribution in [-0.2, 0) is 9.53 Å². The van der Waals surface area contributed by atoms with E-state index in [4.69, 9.17) is 4.74 Å². The van der Waals surface area contributed by atoms with Crippen molar-refractivity contribution in [2.75, 3.05) is 6.61 Å². The van der Waals surface area contributed by atoms with Crippen LogP contribution in [0, 0.1) is 0 Å². The molecule has 0 saturated carbocycles. The van der Waals surface area contributed by atoms with E-state index >= 15 is 0 Å². The van der Waals surface area contributed by atoms with Crippen LogP contribution < -0.4 is 0 Å². The summed E-state index contributed by atoms with van der Waals surface area (Å²) in [4.78, 5) is 11.1. The molecule has 0 aromatic carbocycles. The second-order valence-corrected chi connectivity index (χ2v) is 5.81. The number of carbonyl (C=O) groups is 1. The molecule has 0 aromatic rings. The van der Waals surface area contributed by atoms with Gasteiger partial charge >= 0.3 is 5.97 Å². The van der Waals surface area contributed by atoms with E-state index in [-0.39, 0.29) is 5.97 Å². The predicted octanol–water partition coefficient (Wildman–Crippen LogP) is 6.53. The summed E-state index contributed by atoms with van der Waals surface area (Å²) in [5, 5.41) is 0. The van der Waals surface area contributed by atoms with Crippen LogP contribution in [0.25, 0.3) is 0 Å². The van der Waals surface area contributed by atoms with E-state index in [1.807, 2.05) is 6.92 Å². The fourth-order valence-electron chi connectivity index (χ4n) is 2.23. The lowest BCUT2D eigenvalue weighted by atomic mass is 10.1. The van der Waals surface area contributed by atoms with Crippen LogP contribution in [0.4, 0.5) is 0 Å². The van der Waals surface area contributed by atoms with E-state index in [0.29, 0.717) is 13.0 Å². The minimum Gasteiger partial charge on any atom is -0.466 e. The van der Waals surface area contributed by atoms with Crippen molar-refractivity contribution < 1.29 is 9.53 Å². The maximum atomic E-state index is 11.1. The first-order valence-electron chi connectivity index (χ1n) is 9.43. The molecule has 0 radical (unpaired) electrons. The van der Waals surface area contributed by atoms with Crippen LogP contribution in [0.2, 0.25) is 0 Å². The molecular formula is C21H36O2. The number of rotatable bonds is 15. The molecule has 0 bridgehead atoms. The van der Waals surface area contributed by atoms with Crippen molar-refractivity contribution in [2.45, 2.75) is 84.5 Å². The van der Waals surface area contributed by atoms with Crippen molar-refractivity contribution in [1.29, 1.82) is 0 Å². The zero-order valence-corrected chi connectivity index (χ0v) is 15.3. The van der Waals surface area contributed by atoms with Crippen molar-refractivity contribution in [2.24, 2.45) is 0 Å². The Balaban J connectivity index is 3.34. The Morgan fingerprint density at radius 2 is 1.35 bits per heavy atom. The minimum atomic E-state index is -0.0792. The molecule has 0 spiro atoms. The molecule has 0 heterocycles. The van der Waals surface area contributed by atoms with Crippen LogP contribution in [-0.4, -0.2) is 12.6 Å². The van der Waals surface area contributed by atoms with Gasteiger partial charge in [-0.05, 0) is 51.9 Å². The summed E-state index contributed by atoms with van der Waals surface area (Å²) in [7, 11) is 0. The first-order valence-corrected chi connectivity index (χ1v) is 9.43. The molecule has 0 aliphatic rings. The highest BCUT2D eigenvalue weighted by Gasteiger charge is 1.98. The van der Waals surface area contributed by atoms with Crippen LogP contribution >= 0.6 is 0 Å². The van der Waals surface area contributed by atoms with E-state index in [1.165, 1.54) is 38.5 Å². The van der Waals surface area contributed by atoms with Crippen molar-refractivity contribution in [3.8, 4) is 0 Å². The van der Waals surface area contributed by atoms with Gasteiger partial charge in [0.15, 0.2) is 0 Å². The van der Waals surface area contributed by atoms with Gasteiger partial charge in [-0.25, -0.2) is 0 Å². The molecule has 0 amide bonds. The highest BCUT2D eigenvalue weighted by molar-refractivity contribution is 5.69. The average Bonchev–Trinajstić information content (AvgIpc) is 2.54. The van der Waals surface area contributed by atoms with E-state index in [0.717, 1.165) is 25.7 Å². The standard InChI is InChI=1S/C21H36O2/c1-3-5-6-7-8-9-10-11-12-13-14-15-16-17-18-19-20-21(22)23-4-2/h9-12,16-17H,3-8,13-15,18-20H2,1-2H3/b10-9+,12-11+,17-16-. The fraction of sp³-hybridized carbons (Fsp3) is 0.667. The van der Waals surface area contributed by atoms with Crippen molar-refractivity contribution in [1.82, 2.24) is 0 Å². The highest BCUT2D eigenvalue weighted by Crippen LogP contribution is 2.04. The Hall–Kier alpha value is -1.31. The SMILES string of the molecule is CCCCCC/C=C/C=C/CCC/C=C\CCCC(=O)OCC. The molecule has 0 saturated heterocycles. The van der Waals surface area contributed by atoms with Gasteiger partial charge in [0.25, 0.3) is 0 Å². The van der Waals surface area contributed by atoms with Crippen molar-refractivity contribution >= 4 is 5.97 Å². The van der Waals surface area contributed by atoms with E-state index in [1.54, 1.807) is 0 Å². The molecule has 0 aromatic heterocycles. The molecule has 0 N–H and O–H groups in total. The van der Waals surface area contributed by atoms with E-state index < -0.39 is 0 Å². The molecule has 132 valence electrons. The van der Waals surface area contributed by atoms with Crippen LogP contribution in [0.5, 0.6) is 0 Å². The topological polar surface area (TPSA) is 26.3 Å². The van der Waals surface area contributed by atoms with Crippen molar-refractivity contribution in [3.63, 3.8) is 0 Å². The molecule has 23 heavy (non-hydrogen) atoms. The lowest BCUT2D eigenvalue weighted by molar-refractivity contribution is -0.143. The number of carbonyl (C=O) groups excluding carboxylic acids is 1. The van der Waals surface area contributed by atoms with Crippen LogP contribution in [0.1, 0.15) is 84.5 Å². The number of esters is 1. The first kappa shape index (κ1) is 21.7. The second kappa shape index (κ2) is 18.7. The van der Waals surface area contributed by atoms with Gasteiger partial charge in [-0.3, -0.25) is 4.79 Å². The van der Waals surface area contributed by atoms with Crippen LogP contribution in [0.3, 0.4) is 0 Å². The molecule has 0 fully saturated rings. The monoisotopic (exact) mass is 320 g/mol. The fourth-order valence-corrected chi connectivity index (χ4v) is 2.23. The Morgan fingerprint density at radius 3 is 2.00 bits per heavy atom. The van der Waals surface area contributed by atoms with Gasteiger partial charge in [0.1, 0.15) is 0 Å². The van der Waals surface area contributed by atoms with Crippen LogP contribution in [0.15, 0.2) is 36.5 Å². The molecule has 0 rings (SSSR count). The first-order chi connectivity index (χ1) is 11.3. The summed E-state index contributed by atoms with van der Waals surface area (Å²) in [5.74, 6) is -0.0792. The molecule has 0 unspecified atom stereocenters. The van der Waals surface area contributed by atoms with Crippen molar-refractivity contribution in [3.05, 3.63) is 36.5 Å². The van der Waals surface area contributed by atoms with Gasteiger partial charge in [0.2, 0.25) is 0 Å². The quantitative estimate of drug-likeness (QED) is 0.148. The third-order valence-corrected chi connectivity index (χ3v) is 3.57. The summed E-state index contributed by atoms with van der Waals surface area (Å²) >= 11 is 0. The summed E-state index contributed by atoms with van der Waals surface area (Å²) < 4.78 is 4.89. The molecule has 0 aliphatic carbocycles. The largest absolute Gasteiger partial charge is 0.466 e. The Kier molecular flexibility index (Phi) is 17.7. The molecule has 0 atom stereocenters. The minimum absolute atomic E-state index is 0.0792. The molecule has 2 nitrogen and oxygen atoms in total. The average molecular weight is 321 g/mol. The molecule has 2 heteroatoms. The summed E-state index contributed by atoms with van der Waals surface area (Å²) in [6, 6.07) is 0. The Bertz CT molecular complexity index is 340. The Morgan fingerprint density at radius 1 is 0.739 bits per heavy atom. The van der Waals surface area contributed by atoms with Gasteiger partial charge in [-0.2, -0.15) is 0 Å². The summed E-state index contributed by atoms with van der Waals surface area (Å²) in [6.07, 6.45) is 25.7. The van der Waals surface area contributed by atoms with E-state index in [2.05, 4.69) is 43.4 Å². The Labute approximate surface area is 143 Å². The number of hydrogen-bond donors (Lipinski definition) is 0. The molecule has 0 aliphatic heterocycles. The van der Waals surface area contributed by atoms with Gasteiger partial charge < -0.3 is 4.74 Å². The second-order valence-electron chi connectivity index (χ2n) is 5.81. The number of ether oxygens (including phenoxy) is 1. The lowest BCUT2D eigenvalue weighted by Crippen LogP contribution is -2.02. The number of unbranched alkanes of at least 4 members (excludes halogenated alkanes) is 7. The zero-order chi connectivity index (χ0) is 17.0. The van der Waals surface area contributed by atoms with E-state index in [9.17, 15) is 4.79 Å². The zero-order valence-electron chi connectivity index (χ0n) is 15.3. The van der Waals surface area contributed by atoms with Gasteiger partial charge in [0.05, 0.1) is 6.61 Å². The maximum Gasteiger partial charge on any atom is 0.305 e. The molecular weight excluding hydrogens is 284 g/mol. The van der Waals surface area contributed by atoms with Gasteiger partial charge in [-0.15, -0.1) is 0 Å². The summed E-state index contributed by atoms with van der Waals surface area (Å²) in [6.45, 7) is 4.57.